The zero-order valence-electron chi connectivity index (χ0n) is 21.8. The number of nitrogens with one attached hydrogen (secondary N) is 2. The van der Waals surface area contributed by atoms with Gasteiger partial charge in [-0.3, -0.25) is 0 Å². The van der Waals surface area contributed by atoms with Crippen molar-refractivity contribution in [3.05, 3.63) is 33.9 Å². The summed E-state index contributed by atoms with van der Waals surface area (Å²) in [5, 5.41) is 5.30. The molecule has 0 aromatic heterocycles. The van der Waals surface area contributed by atoms with E-state index in [1.807, 2.05) is 12.1 Å². The molecule has 33 heavy (non-hydrogen) atoms. The number of carbonyl (C=O) groups is 2. The van der Waals surface area contributed by atoms with Gasteiger partial charge >= 0.3 is 180 Å². The van der Waals surface area contributed by atoms with Crippen molar-refractivity contribution in [2.45, 2.75) is 99.0 Å². The number of anilines is 1. The van der Waals surface area contributed by atoms with Crippen molar-refractivity contribution >= 4 is 42.1 Å². The van der Waals surface area contributed by atoms with Gasteiger partial charge in [0.25, 0.3) is 0 Å². The summed E-state index contributed by atoms with van der Waals surface area (Å²) < 4.78 is 12.2. The Morgan fingerprint density at radius 3 is 1.88 bits per heavy atom. The summed E-state index contributed by atoms with van der Waals surface area (Å²) in [5.41, 5.74) is 1.32. The zero-order valence-corrected chi connectivity index (χ0v) is 24.6. The summed E-state index contributed by atoms with van der Waals surface area (Å²) in [5.74, 6) is -0.280. The van der Waals surface area contributed by atoms with E-state index < -0.39 is 30.1 Å². The second-order valence-corrected chi connectivity index (χ2v) is 23.0. The van der Waals surface area contributed by atoms with Gasteiger partial charge in [0.05, 0.1) is 0 Å². The molecule has 0 aliphatic carbocycles. The first-order valence-corrected chi connectivity index (χ1v) is 20.4. The first-order chi connectivity index (χ1) is 15.6. The SMILES string of the molecule is CCC[CH2][Sn]([CH]=Cc1ccc(NC(=O)CNC(=O)OC(C)(C)C)cc1)([CH2]CCC)[CH2]CCC. The maximum absolute atomic E-state index is 12.1. The fraction of sp³-hybridized carbons (Fsp3) is 0.630. The topological polar surface area (TPSA) is 67.4 Å². The fourth-order valence-electron chi connectivity index (χ4n) is 3.83. The van der Waals surface area contributed by atoms with Crippen molar-refractivity contribution in [2.75, 3.05) is 11.9 Å². The van der Waals surface area contributed by atoms with Crippen LogP contribution in [0.15, 0.2) is 28.4 Å². The minimum atomic E-state index is -2.29. The fourth-order valence-corrected chi connectivity index (χ4v) is 18.0. The van der Waals surface area contributed by atoms with E-state index in [-0.39, 0.29) is 12.5 Å². The first-order valence-electron chi connectivity index (χ1n) is 12.7. The number of alkyl carbamates (subject to hydrolysis) is 1. The van der Waals surface area contributed by atoms with Gasteiger partial charge in [0, 0.05) is 0 Å². The van der Waals surface area contributed by atoms with Gasteiger partial charge in [0.2, 0.25) is 0 Å². The van der Waals surface area contributed by atoms with Crippen LogP contribution in [0.1, 0.15) is 85.6 Å². The van der Waals surface area contributed by atoms with E-state index in [0.717, 1.165) is 5.69 Å². The van der Waals surface area contributed by atoms with Crippen molar-refractivity contribution in [1.82, 2.24) is 5.32 Å². The van der Waals surface area contributed by atoms with Crippen LogP contribution in [0.5, 0.6) is 0 Å². The molecule has 0 saturated heterocycles. The summed E-state index contributed by atoms with van der Waals surface area (Å²) >= 11 is -2.29. The number of carbonyl (C=O) groups excluding carboxylic acids is 2. The molecule has 0 spiro atoms. The molecule has 2 N–H and O–H groups in total. The van der Waals surface area contributed by atoms with Crippen molar-refractivity contribution in [1.29, 1.82) is 0 Å². The normalized spacial score (nSPS) is 12.1. The summed E-state index contributed by atoms with van der Waals surface area (Å²) in [6.45, 7) is 12.1. The zero-order chi connectivity index (χ0) is 24.7. The predicted molar refractivity (Wildman–Crippen MR) is 143 cm³/mol. The molecule has 0 aliphatic heterocycles. The minimum absolute atomic E-state index is 0.125. The Balaban J connectivity index is 2.74. The van der Waals surface area contributed by atoms with Crippen LogP contribution in [0.3, 0.4) is 0 Å². The molecule has 1 aromatic carbocycles. The molecule has 186 valence electrons. The van der Waals surface area contributed by atoms with E-state index in [2.05, 4.69) is 53.7 Å². The summed E-state index contributed by atoms with van der Waals surface area (Å²) in [6.07, 6.45) is 9.66. The van der Waals surface area contributed by atoms with Gasteiger partial charge < -0.3 is 0 Å². The van der Waals surface area contributed by atoms with Crippen LogP contribution < -0.4 is 10.6 Å². The number of rotatable bonds is 14. The predicted octanol–water partition coefficient (Wildman–Crippen LogP) is 7.55. The van der Waals surface area contributed by atoms with Crippen LogP contribution in [0.2, 0.25) is 13.3 Å². The van der Waals surface area contributed by atoms with Gasteiger partial charge in [-0.1, -0.05) is 0 Å². The molecule has 0 atom stereocenters. The number of hydrogen-bond acceptors (Lipinski definition) is 3. The summed E-state index contributed by atoms with van der Waals surface area (Å²) in [6, 6.07) is 7.96. The van der Waals surface area contributed by atoms with Crippen LogP contribution in [0.4, 0.5) is 10.5 Å². The Morgan fingerprint density at radius 2 is 1.42 bits per heavy atom. The van der Waals surface area contributed by atoms with E-state index in [1.54, 1.807) is 20.8 Å². The monoisotopic (exact) mass is 566 g/mol. The standard InChI is InChI=1S/C15H19N2O3.3C4H9.Sn/c1-5-11-6-8-12(9-7-11)17-13(18)10-16-14(19)20-15(2,3)4;3*1-3-4-2;/h1,5-9H,10H2,2-4H3,(H,16,19)(H,17,18);3*1,3-4H2,2H3;. The Hall–Kier alpha value is -1.50. The molecule has 2 amide bonds. The maximum atomic E-state index is 12.1. The number of benzene rings is 1. The van der Waals surface area contributed by atoms with Crippen molar-refractivity contribution in [3.8, 4) is 0 Å². The van der Waals surface area contributed by atoms with Gasteiger partial charge in [-0.25, -0.2) is 0 Å². The van der Waals surface area contributed by atoms with Gasteiger partial charge in [-0.2, -0.15) is 0 Å². The van der Waals surface area contributed by atoms with Crippen molar-refractivity contribution in [3.63, 3.8) is 0 Å². The Labute approximate surface area is 206 Å². The van der Waals surface area contributed by atoms with Crippen LogP contribution >= 0.6 is 0 Å². The molecule has 0 bridgehead atoms. The average Bonchev–Trinajstić information content (AvgIpc) is 2.76. The molecule has 6 heteroatoms. The molecule has 0 fully saturated rings. The quantitative estimate of drug-likeness (QED) is 0.229. The number of hydrogen-bond donors (Lipinski definition) is 2. The Bertz CT molecular complexity index is 717. The third kappa shape index (κ3) is 13.1. The second-order valence-electron chi connectivity index (χ2n) is 10.0. The molecule has 0 radical (unpaired) electrons. The number of amides is 2. The summed E-state index contributed by atoms with van der Waals surface area (Å²) in [4.78, 5) is 23.8. The van der Waals surface area contributed by atoms with E-state index in [9.17, 15) is 9.59 Å². The Kier molecular flexibility index (Phi) is 13.8. The van der Waals surface area contributed by atoms with Crippen LogP contribution in [0, 0.1) is 0 Å². The van der Waals surface area contributed by atoms with E-state index >= 15 is 0 Å². The van der Waals surface area contributed by atoms with Crippen LogP contribution in [-0.4, -0.2) is 42.5 Å². The molecule has 0 aliphatic rings. The van der Waals surface area contributed by atoms with Crippen LogP contribution in [0.25, 0.3) is 6.08 Å². The molecule has 0 unspecified atom stereocenters. The van der Waals surface area contributed by atoms with E-state index in [1.165, 1.54) is 57.4 Å². The number of ether oxygens (including phenoxy) is 1. The number of unbranched alkanes of at least 4 members (excludes halogenated alkanes) is 3. The molecular weight excluding hydrogens is 519 g/mol. The van der Waals surface area contributed by atoms with Gasteiger partial charge in [0.15, 0.2) is 0 Å². The first kappa shape index (κ1) is 29.5. The molecular formula is C27H46N2O3Sn. The van der Waals surface area contributed by atoms with E-state index in [0.29, 0.717) is 0 Å². The van der Waals surface area contributed by atoms with Crippen molar-refractivity contribution in [2.24, 2.45) is 0 Å². The van der Waals surface area contributed by atoms with Crippen molar-refractivity contribution < 1.29 is 14.3 Å². The molecule has 5 nitrogen and oxygen atoms in total. The molecule has 1 aromatic rings. The molecule has 0 saturated carbocycles. The third-order valence-electron chi connectivity index (χ3n) is 5.70. The third-order valence-corrected chi connectivity index (χ3v) is 19.7. The van der Waals surface area contributed by atoms with Crippen LogP contribution in [-0.2, 0) is 9.53 Å². The Morgan fingerprint density at radius 1 is 0.909 bits per heavy atom. The molecule has 1 rings (SSSR count). The van der Waals surface area contributed by atoms with Gasteiger partial charge in [0.1, 0.15) is 5.60 Å². The second kappa shape index (κ2) is 15.4. The van der Waals surface area contributed by atoms with Gasteiger partial charge in [-0.05, 0) is 20.8 Å². The molecule has 0 heterocycles. The summed E-state index contributed by atoms with van der Waals surface area (Å²) in [7, 11) is 0. The van der Waals surface area contributed by atoms with Gasteiger partial charge in [-0.15, -0.1) is 0 Å². The average molecular weight is 565 g/mol. The van der Waals surface area contributed by atoms with E-state index in [4.69, 9.17) is 4.74 Å².